The van der Waals surface area contributed by atoms with Gasteiger partial charge in [-0.05, 0) is 68.6 Å². The van der Waals surface area contributed by atoms with E-state index in [0.29, 0.717) is 35.5 Å². The number of H-pyrrole nitrogens is 1. The standard InChI is InChI=1S/C24H28N8O4S/c1-14-12-20(31-30-14)26-18-13-19(27-21(33)4-2-3-5-22(34)32-36)29-24(28-18)37-17-10-8-16(9-11-17)25-23(35)15-6-7-15/h8-13,15,36H,2-7H2,1H3,(H,25,35)(H,32,34)(H3,26,27,28,29,30,31,33). The number of aryl methyl sites for hydroxylation is 1. The highest BCUT2D eigenvalue weighted by Gasteiger charge is 2.29. The smallest absolute Gasteiger partial charge is 0.243 e. The summed E-state index contributed by atoms with van der Waals surface area (Å²) in [4.78, 5) is 45.4. The summed E-state index contributed by atoms with van der Waals surface area (Å²) in [6.45, 7) is 1.88. The van der Waals surface area contributed by atoms with Gasteiger partial charge >= 0.3 is 0 Å². The van der Waals surface area contributed by atoms with Crippen molar-refractivity contribution >= 4 is 52.6 Å². The maximum Gasteiger partial charge on any atom is 0.243 e. The summed E-state index contributed by atoms with van der Waals surface area (Å²) in [6, 6.07) is 10.8. The Hall–Kier alpha value is -3.97. The van der Waals surface area contributed by atoms with Crippen LogP contribution in [0.4, 0.5) is 23.1 Å². The van der Waals surface area contributed by atoms with Crippen molar-refractivity contribution in [1.82, 2.24) is 25.6 Å². The molecule has 4 rings (SSSR count). The first-order chi connectivity index (χ1) is 17.9. The van der Waals surface area contributed by atoms with Crippen LogP contribution in [0.5, 0.6) is 0 Å². The Morgan fingerprint density at radius 3 is 2.32 bits per heavy atom. The fraction of sp³-hybridized carbons (Fsp3) is 0.333. The average Bonchev–Trinajstić information content (AvgIpc) is 3.65. The third-order valence-electron chi connectivity index (χ3n) is 5.40. The zero-order chi connectivity index (χ0) is 26.2. The van der Waals surface area contributed by atoms with Gasteiger partial charge in [-0.3, -0.25) is 24.7 Å². The highest BCUT2D eigenvalue weighted by Crippen LogP contribution is 2.31. The minimum Gasteiger partial charge on any atom is -0.326 e. The molecule has 1 aliphatic carbocycles. The molecule has 1 aromatic carbocycles. The summed E-state index contributed by atoms with van der Waals surface area (Å²) in [6.07, 6.45) is 3.16. The topological polar surface area (TPSA) is 174 Å². The van der Waals surface area contributed by atoms with Crippen molar-refractivity contribution in [3.63, 3.8) is 0 Å². The summed E-state index contributed by atoms with van der Waals surface area (Å²) >= 11 is 1.31. The number of unbranched alkanes of at least 4 members (excludes halogenated alkanes) is 1. The van der Waals surface area contributed by atoms with E-state index in [1.807, 2.05) is 37.3 Å². The second kappa shape index (κ2) is 12.3. The monoisotopic (exact) mass is 524 g/mol. The van der Waals surface area contributed by atoms with Gasteiger partial charge < -0.3 is 16.0 Å². The number of carbonyl (C=O) groups excluding carboxylic acids is 3. The van der Waals surface area contributed by atoms with Gasteiger partial charge in [0.1, 0.15) is 11.6 Å². The molecule has 0 radical (unpaired) electrons. The molecule has 0 spiro atoms. The van der Waals surface area contributed by atoms with Gasteiger partial charge in [-0.15, -0.1) is 0 Å². The van der Waals surface area contributed by atoms with E-state index in [4.69, 9.17) is 5.21 Å². The Kier molecular flexibility index (Phi) is 8.69. The molecular formula is C24H28N8O4S. The van der Waals surface area contributed by atoms with Gasteiger partial charge in [0.05, 0.1) is 0 Å². The fourth-order valence-corrected chi connectivity index (χ4v) is 4.12. The maximum absolute atomic E-state index is 12.4. The number of aromatic nitrogens is 4. The number of hydrogen-bond acceptors (Lipinski definition) is 9. The molecule has 13 heteroatoms. The first-order valence-electron chi connectivity index (χ1n) is 11.9. The lowest BCUT2D eigenvalue weighted by molar-refractivity contribution is -0.129. The Labute approximate surface area is 217 Å². The van der Waals surface area contributed by atoms with Crippen LogP contribution < -0.4 is 21.4 Å². The number of aromatic amines is 1. The summed E-state index contributed by atoms with van der Waals surface area (Å²) in [5.74, 6) is 0.781. The van der Waals surface area contributed by atoms with Crippen molar-refractivity contribution < 1.29 is 19.6 Å². The molecule has 2 heterocycles. The second-order valence-electron chi connectivity index (χ2n) is 8.66. The molecule has 1 aliphatic rings. The van der Waals surface area contributed by atoms with Gasteiger partial charge in [-0.25, -0.2) is 15.4 Å². The van der Waals surface area contributed by atoms with Crippen LogP contribution in [0.25, 0.3) is 0 Å². The number of carbonyl (C=O) groups is 3. The van der Waals surface area contributed by atoms with Crippen molar-refractivity contribution in [1.29, 1.82) is 0 Å². The molecule has 0 aliphatic heterocycles. The highest BCUT2D eigenvalue weighted by molar-refractivity contribution is 7.99. The number of benzene rings is 1. The second-order valence-corrected chi connectivity index (χ2v) is 9.70. The molecule has 194 valence electrons. The molecule has 12 nitrogen and oxygen atoms in total. The van der Waals surface area contributed by atoms with Crippen LogP contribution >= 0.6 is 11.8 Å². The van der Waals surface area contributed by atoms with E-state index in [1.165, 1.54) is 11.8 Å². The van der Waals surface area contributed by atoms with Crippen LogP contribution in [-0.4, -0.2) is 43.1 Å². The molecule has 3 aromatic rings. The molecule has 37 heavy (non-hydrogen) atoms. The first-order valence-corrected chi connectivity index (χ1v) is 12.7. The summed E-state index contributed by atoms with van der Waals surface area (Å²) in [7, 11) is 0. The van der Waals surface area contributed by atoms with Gasteiger partial charge in [0.2, 0.25) is 17.7 Å². The van der Waals surface area contributed by atoms with Gasteiger partial charge in [-0.1, -0.05) is 0 Å². The van der Waals surface area contributed by atoms with E-state index >= 15 is 0 Å². The number of anilines is 4. The zero-order valence-corrected chi connectivity index (χ0v) is 21.0. The summed E-state index contributed by atoms with van der Waals surface area (Å²) < 4.78 is 0. The normalized spacial score (nSPS) is 12.6. The Morgan fingerprint density at radius 1 is 0.973 bits per heavy atom. The van der Waals surface area contributed by atoms with Crippen LogP contribution in [-0.2, 0) is 14.4 Å². The number of nitrogens with one attached hydrogen (secondary N) is 5. The predicted octanol–water partition coefficient (Wildman–Crippen LogP) is 3.76. The summed E-state index contributed by atoms with van der Waals surface area (Å²) in [5.41, 5.74) is 3.18. The average molecular weight is 525 g/mol. The lowest BCUT2D eigenvalue weighted by Crippen LogP contribution is -2.18. The number of hydrogen-bond donors (Lipinski definition) is 6. The first kappa shape index (κ1) is 26.1. The lowest BCUT2D eigenvalue weighted by atomic mass is 10.2. The van der Waals surface area contributed by atoms with E-state index in [-0.39, 0.29) is 30.6 Å². The van der Waals surface area contributed by atoms with E-state index in [9.17, 15) is 14.4 Å². The third kappa shape index (κ3) is 8.29. The largest absolute Gasteiger partial charge is 0.326 e. The van der Waals surface area contributed by atoms with Crippen molar-refractivity contribution in [3.8, 4) is 0 Å². The maximum atomic E-state index is 12.4. The van der Waals surface area contributed by atoms with Gasteiger partial charge in [0, 0.05) is 47.2 Å². The number of amides is 3. The van der Waals surface area contributed by atoms with E-state index in [0.717, 1.165) is 29.1 Å². The van der Waals surface area contributed by atoms with Crippen molar-refractivity contribution in [3.05, 3.63) is 42.1 Å². The van der Waals surface area contributed by atoms with Crippen molar-refractivity contribution in [2.45, 2.75) is 55.5 Å². The molecule has 0 unspecified atom stereocenters. The van der Waals surface area contributed by atoms with E-state index in [2.05, 4.69) is 36.1 Å². The molecular weight excluding hydrogens is 496 g/mol. The van der Waals surface area contributed by atoms with E-state index < -0.39 is 5.91 Å². The quantitative estimate of drug-likeness (QED) is 0.0892. The molecule has 3 amide bonds. The van der Waals surface area contributed by atoms with Crippen molar-refractivity contribution in [2.24, 2.45) is 5.92 Å². The summed E-state index contributed by atoms with van der Waals surface area (Å²) in [5, 5.41) is 24.8. The Bertz CT molecular complexity index is 1260. The van der Waals surface area contributed by atoms with E-state index in [1.54, 1.807) is 11.5 Å². The van der Waals surface area contributed by atoms with Crippen molar-refractivity contribution in [2.75, 3.05) is 16.0 Å². The Morgan fingerprint density at radius 2 is 1.68 bits per heavy atom. The minimum absolute atomic E-state index is 0.0492. The molecule has 0 saturated heterocycles. The predicted molar refractivity (Wildman–Crippen MR) is 138 cm³/mol. The molecule has 2 aromatic heterocycles. The molecule has 1 fully saturated rings. The third-order valence-corrected chi connectivity index (χ3v) is 6.27. The van der Waals surface area contributed by atoms with Gasteiger partial charge in [0.15, 0.2) is 11.0 Å². The van der Waals surface area contributed by atoms with Crippen LogP contribution in [0.15, 0.2) is 46.5 Å². The van der Waals surface area contributed by atoms with Crippen LogP contribution in [0.3, 0.4) is 0 Å². The minimum atomic E-state index is -0.486. The fourth-order valence-electron chi connectivity index (χ4n) is 3.35. The highest BCUT2D eigenvalue weighted by atomic mass is 32.2. The van der Waals surface area contributed by atoms with Gasteiger partial charge in [-0.2, -0.15) is 5.10 Å². The molecule has 1 saturated carbocycles. The molecule has 6 N–H and O–H groups in total. The number of hydroxylamine groups is 1. The molecule has 0 atom stereocenters. The Balaban J connectivity index is 1.43. The lowest BCUT2D eigenvalue weighted by Gasteiger charge is -2.10. The number of rotatable bonds is 12. The van der Waals surface area contributed by atoms with Crippen LogP contribution in [0.2, 0.25) is 0 Å². The van der Waals surface area contributed by atoms with Crippen LogP contribution in [0.1, 0.15) is 44.2 Å². The number of nitrogens with zero attached hydrogens (tertiary/aromatic N) is 3. The van der Waals surface area contributed by atoms with Gasteiger partial charge in [0.25, 0.3) is 0 Å². The molecule has 0 bridgehead atoms. The SMILES string of the molecule is Cc1cc(Nc2cc(NC(=O)CCCCC(=O)NO)nc(Sc3ccc(NC(=O)C4CC4)cc3)n2)n[nH]1. The zero-order valence-electron chi connectivity index (χ0n) is 20.2. The van der Waals surface area contributed by atoms with Crippen LogP contribution in [0, 0.1) is 12.8 Å².